The van der Waals surface area contributed by atoms with Crippen LogP contribution in [0.4, 0.5) is 0 Å². The third kappa shape index (κ3) is 2.94. The van der Waals surface area contributed by atoms with Gasteiger partial charge in [0.25, 0.3) is 0 Å². The van der Waals surface area contributed by atoms with E-state index in [1.807, 2.05) is 0 Å². The van der Waals surface area contributed by atoms with Crippen LogP contribution in [0.2, 0.25) is 0 Å². The first-order chi connectivity index (χ1) is 7.74. The topological polar surface area (TPSA) is 17.1 Å². The zero-order valence-corrected chi connectivity index (χ0v) is 10.6. The predicted molar refractivity (Wildman–Crippen MR) is 68.9 cm³/mol. The summed E-state index contributed by atoms with van der Waals surface area (Å²) in [6, 6.07) is 8.56. The van der Waals surface area contributed by atoms with Crippen LogP contribution in [-0.4, -0.2) is 6.29 Å². The molecule has 0 aliphatic carbocycles. The lowest BCUT2D eigenvalue weighted by atomic mass is 9.84. The lowest BCUT2D eigenvalue weighted by Gasteiger charge is -2.20. The van der Waals surface area contributed by atoms with Crippen molar-refractivity contribution in [2.45, 2.75) is 51.9 Å². The summed E-state index contributed by atoms with van der Waals surface area (Å²) in [6.45, 7) is 6.60. The van der Waals surface area contributed by atoms with E-state index in [1.165, 1.54) is 24.0 Å². The Labute approximate surface area is 98.9 Å². The molecule has 0 aliphatic rings. The van der Waals surface area contributed by atoms with Crippen molar-refractivity contribution in [3.63, 3.8) is 0 Å². The Morgan fingerprint density at radius 3 is 2.19 bits per heavy atom. The van der Waals surface area contributed by atoms with Crippen molar-refractivity contribution in [1.29, 1.82) is 0 Å². The Hall–Kier alpha value is -1.11. The smallest absolute Gasteiger partial charge is 0.120 e. The second kappa shape index (κ2) is 6.47. The van der Waals surface area contributed by atoms with Crippen molar-refractivity contribution in [3.05, 3.63) is 35.4 Å². The van der Waals surface area contributed by atoms with Crippen LogP contribution in [0.1, 0.15) is 63.0 Å². The number of carbonyl (C=O) groups is 1. The molecule has 0 amide bonds. The minimum absolute atomic E-state index is 0.342. The van der Waals surface area contributed by atoms with Crippen molar-refractivity contribution in [1.82, 2.24) is 0 Å². The molecule has 1 atom stereocenters. The van der Waals surface area contributed by atoms with Gasteiger partial charge in [0, 0.05) is 6.42 Å². The fourth-order valence-corrected chi connectivity index (χ4v) is 2.33. The van der Waals surface area contributed by atoms with Crippen molar-refractivity contribution in [2.75, 3.05) is 0 Å². The highest BCUT2D eigenvalue weighted by Crippen LogP contribution is 2.31. The van der Waals surface area contributed by atoms with Crippen molar-refractivity contribution in [3.8, 4) is 0 Å². The third-order valence-corrected chi connectivity index (χ3v) is 3.40. The van der Waals surface area contributed by atoms with E-state index in [2.05, 4.69) is 45.0 Å². The van der Waals surface area contributed by atoms with Crippen LogP contribution in [0, 0.1) is 0 Å². The Balaban J connectivity index is 3.03. The molecule has 0 saturated carbocycles. The van der Waals surface area contributed by atoms with Gasteiger partial charge >= 0.3 is 0 Å². The Kier molecular flexibility index (Phi) is 5.24. The summed E-state index contributed by atoms with van der Waals surface area (Å²) < 4.78 is 0. The SMILES string of the molecule is CCC(CC)c1ccccc1C(C)CC=O. The standard InChI is InChI=1S/C15H22O/c1-4-13(5-2)15-9-7-6-8-14(15)12(3)10-11-16/h6-9,11-13H,4-5,10H2,1-3H3. The number of hydrogen-bond acceptors (Lipinski definition) is 1. The summed E-state index contributed by atoms with van der Waals surface area (Å²) in [5, 5.41) is 0. The maximum Gasteiger partial charge on any atom is 0.120 e. The summed E-state index contributed by atoms with van der Waals surface area (Å²) in [5.74, 6) is 0.972. The minimum atomic E-state index is 0.342. The lowest BCUT2D eigenvalue weighted by molar-refractivity contribution is -0.108. The first-order valence-electron chi connectivity index (χ1n) is 6.26. The average molecular weight is 218 g/mol. The van der Waals surface area contributed by atoms with Gasteiger partial charge in [0.2, 0.25) is 0 Å². The summed E-state index contributed by atoms with van der Waals surface area (Å²) in [5.41, 5.74) is 2.78. The molecule has 0 aliphatic heterocycles. The molecule has 0 aromatic heterocycles. The van der Waals surface area contributed by atoms with E-state index in [4.69, 9.17) is 0 Å². The zero-order chi connectivity index (χ0) is 12.0. The van der Waals surface area contributed by atoms with Gasteiger partial charge in [0.1, 0.15) is 6.29 Å². The zero-order valence-electron chi connectivity index (χ0n) is 10.6. The molecular formula is C15H22O. The number of benzene rings is 1. The molecule has 0 spiro atoms. The van der Waals surface area contributed by atoms with Gasteiger partial charge < -0.3 is 4.79 Å². The molecule has 1 rings (SSSR count). The Morgan fingerprint density at radius 2 is 1.69 bits per heavy atom. The highest BCUT2D eigenvalue weighted by atomic mass is 16.1. The van der Waals surface area contributed by atoms with Gasteiger partial charge in [0.05, 0.1) is 0 Å². The molecule has 0 saturated heterocycles. The lowest BCUT2D eigenvalue weighted by Crippen LogP contribution is -2.04. The quantitative estimate of drug-likeness (QED) is 0.651. The molecule has 1 aromatic rings. The largest absolute Gasteiger partial charge is 0.303 e. The summed E-state index contributed by atoms with van der Waals surface area (Å²) in [4.78, 5) is 10.6. The van der Waals surface area contributed by atoms with Gasteiger partial charge in [-0.05, 0) is 35.8 Å². The number of aldehydes is 1. The van der Waals surface area contributed by atoms with E-state index in [0.717, 1.165) is 6.29 Å². The highest BCUT2D eigenvalue weighted by Gasteiger charge is 2.15. The molecule has 0 bridgehead atoms. The van der Waals surface area contributed by atoms with Crippen molar-refractivity contribution in [2.24, 2.45) is 0 Å². The van der Waals surface area contributed by atoms with Gasteiger partial charge in [-0.25, -0.2) is 0 Å². The molecule has 1 aromatic carbocycles. The Bertz CT molecular complexity index is 326. The molecule has 0 radical (unpaired) electrons. The molecular weight excluding hydrogens is 196 g/mol. The minimum Gasteiger partial charge on any atom is -0.303 e. The summed E-state index contributed by atoms with van der Waals surface area (Å²) in [7, 11) is 0. The van der Waals surface area contributed by atoms with E-state index in [0.29, 0.717) is 18.3 Å². The number of hydrogen-bond donors (Lipinski definition) is 0. The second-order valence-corrected chi connectivity index (χ2v) is 4.45. The van der Waals surface area contributed by atoms with Gasteiger partial charge in [0.15, 0.2) is 0 Å². The molecule has 16 heavy (non-hydrogen) atoms. The molecule has 0 heterocycles. The van der Waals surface area contributed by atoms with Crippen LogP contribution in [0.5, 0.6) is 0 Å². The van der Waals surface area contributed by atoms with E-state index >= 15 is 0 Å². The van der Waals surface area contributed by atoms with Crippen LogP contribution in [0.25, 0.3) is 0 Å². The molecule has 1 heteroatoms. The van der Waals surface area contributed by atoms with Crippen LogP contribution in [-0.2, 0) is 4.79 Å². The predicted octanol–water partition coefficient (Wildman–Crippen LogP) is 4.28. The van der Waals surface area contributed by atoms with E-state index in [9.17, 15) is 4.79 Å². The monoisotopic (exact) mass is 218 g/mol. The summed E-state index contributed by atoms with van der Waals surface area (Å²) >= 11 is 0. The molecule has 1 unspecified atom stereocenters. The number of carbonyl (C=O) groups excluding carboxylic acids is 1. The Morgan fingerprint density at radius 1 is 1.12 bits per heavy atom. The van der Waals surface area contributed by atoms with Gasteiger partial charge in [-0.15, -0.1) is 0 Å². The van der Waals surface area contributed by atoms with Gasteiger partial charge in [-0.2, -0.15) is 0 Å². The van der Waals surface area contributed by atoms with Crippen LogP contribution in [0.15, 0.2) is 24.3 Å². The maximum absolute atomic E-state index is 10.6. The molecule has 1 nitrogen and oxygen atoms in total. The molecule has 0 N–H and O–H groups in total. The molecule has 0 fully saturated rings. The van der Waals surface area contributed by atoms with E-state index in [-0.39, 0.29) is 0 Å². The molecule has 88 valence electrons. The first-order valence-corrected chi connectivity index (χ1v) is 6.26. The van der Waals surface area contributed by atoms with Crippen LogP contribution >= 0.6 is 0 Å². The fourth-order valence-electron chi connectivity index (χ4n) is 2.33. The highest BCUT2D eigenvalue weighted by molar-refractivity contribution is 5.52. The van der Waals surface area contributed by atoms with E-state index < -0.39 is 0 Å². The normalized spacial score (nSPS) is 12.8. The van der Waals surface area contributed by atoms with E-state index in [1.54, 1.807) is 0 Å². The van der Waals surface area contributed by atoms with Crippen LogP contribution < -0.4 is 0 Å². The van der Waals surface area contributed by atoms with Gasteiger partial charge in [-0.3, -0.25) is 0 Å². The second-order valence-electron chi connectivity index (χ2n) is 4.45. The average Bonchev–Trinajstić information content (AvgIpc) is 2.31. The number of rotatable bonds is 6. The fraction of sp³-hybridized carbons (Fsp3) is 0.533. The van der Waals surface area contributed by atoms with Crippen LogP contribution in [0.3, 0.4) is 0 Å². The first kappa shape index (κ1) is 13.0. The third-order valence-electron chi connectivity index (χ3n) is 3.40. The van der Waals surface area contributed by atoms with Crippen molar-refractivity contribution >= 4 is 6.29 Å². The summed E-state index contributed by atoms with van der Waals surface area (Å²) in [6.07, 6.45) is 3.98. The van der Waals surface area contributed by atoms with Gasteiger partial charge in [-0.1, -0.05) is 45.0 Å². The maximum atomic E-state index is 10.6. The van der Waals surface area contributed by atoms with Crippen molar-refractivity contribution < 1.29 is 4.79 Å².